The summed E-state index contributed by atoms with van der Waals surface area (Å²) >= 11 is 1.62. The summed E-state index contributed by atoms with van der Waals surface area (Å²) in [6.45, 7) is 8.41. The second-order valence-electron chi connectivity index (χ2n) is 9.55. The Morgan fingerprint density at radius 1 is 1.15 bits per heavy atom. The number of rotatable bonds is 8. The van der Waals surface area contributed by atoms with E-state index in [1.165, 1.54) is 0 Å². The number of amides is 2. The molecule has 2 amide bonds. The normalized spacial score (nSPS) is 15.0. The number of anilines is 2. The van der Waals surface area contributed by atoms with Crippen molar-refractivity contribution < 1.29 is 20.2 Å². The zero-order valence-electron chi connectivity index (χ0n) is 22.8. The topological polar surface area (TPSA) is 106 Å². The third-order valence-electron chi connectivity index (χ3n) is 6.53. The predicted octanol–water partition coefficient (Wildman–Crippen LogP) is 5.68. The number of imidazole rings is 1. The van der Waals surface area contributed by atoms with Crippen molar-refractivity contribution in [3.05, 3.63) is 60.5 Å². The van der Waals surface area contributed by atoms with Gasteiger partial charge in [-0.2, -0.15) is 0 Å². The number of hydrogen-bond donors (Lipinski definition) is 2. The molecule has 6 rings (SSSR count). The third kappa shape index (κ3) is 5.75. The van der Waals surface area contributed by atoms with Crippen LogP contribution in [0.2, 0.25) is 0 Å². The van der Waals surface area contributed by atoms with Crippen LogP contribution in [0.1, 0.15) is 26.9 Å². The van der Waals surface area contributed by atoms with Gasteiger partial charge in [0.05, 0.1) is 29.1 Å². The minimum Gasteiger partial charge on any atom is -0.492 e. The number of ether oxygens (including phenoxy) is 2. The summed E-state index contributed by atoms with van der Waals surface area (Å²) in [7, 11) is 0. The molecule has 0 radical (unpaired) electrons. The molecule has 0 aliphatic carbocycles. The molecule has 10 nitrogen and oxygen atoms in total. The van der Waals surface area contributed by atoms with Crippen LogP contribution in [0.4, 0.5) is 16.3 Å². The van der Waals surface area contributed by atoms with E-state index in [4.69, 9.17) is 20.4 Å². The Labute approximate surface area is 230 Å². The second-order valence-corrected chi connectivity index (χ2v) is 10.6. The molecule has 0 spiro atoms. The quantitative estimate of drug-likeness (QED) is 0.257. The Balaban J connectivity index is 1.08. The highest BCUT2D eigenvalue weighted by Crippen LogP contribution is 2.32. The molecule has 5 aromatic rings. The van der Waals surface area contributed by atoms with Gasteiger partial charge in [-0.1, -0.05) is 42.5 Å². The average molecular weight is 548 g/mol. The molecule has 1 fully saturated rings. The molecule has 2 N–H and O–H groups in total. The summed E-state index contributed by atoms with van der Waals surface area (Å²) in [5.74, 6) is 0.546. The van der Waals surface area contributed by atoms with Crippen molar-refractivity contribution in [2.45, 2.75) is 19.7 Å². The van der Waals surface area contributed by atoms with Gasteiger partial charge in [0.15, 0.2) is 10.8 Å². The fraction of sp³-hybridized carbons (Fsp3) is 0.321. The fourth-order valence-corrected chi connectivity index (χ4v) is 5.44. The smallest absolute Gasteiger partial charge is 0.324 e. The van der Waals surface area contributed by atoms with E-state index in [1.807, 2.05) is 36.5 Å². The summed E-state index contributed by atoms with van der Waals surface area (Å²) in [6.07, 6.45) is 2.03. The summed E-state index contributed by atoms with van der Waals surface area (Å²) in [6, 6.07) is 14.7. The number of hydrogen-bond acceptors (Lipinski definition) is 8. The van der Waals surface area contributed by atoms with E-state index < -0.39 is 11.9 Å². The predicted molar refractivity (Wildman–Crippen MR) is 152 cm³/mol. The lowest BCUT2D eigenvalue weighted by atomic mass is 10.1. The zero-order chi connectivity index (χ0) is 27.7. The van der Waals surface area contributed by atoms with Crippen molar-refractivity contribution >= 4 is 44.1 Å². The maximum Gasteiger partial charge on any atom is 0.324 e. The number of urea groups is 1. The van der Waals surface area contributed by atoms with Crippen molar-refractivity contribution in [2.75, 3.05) is 50.1 Å². The summed E-state index contributed by atoms with van der Waals surface area (Å²) < 4.78 is 27.7. The molecule has 2 aromatic carbocycles. The van der Waals surface area contributed by atoms with E-state index in [1.54, 1.807) is 31.3 Å². The lowest BCUT2D eigenvalue weighted by Crippen LogP contribution is -2.38. The van der Waals surface area contributed by atoms with E-state index in [2.05, 4.69) is 37.2 Å². The van der Waals surface area contributed by atoms with Crippen molar-refractivity contribution in [1.82, 2.24) is 19.4 Å². The Bertz CT molecular complexity index is 1630. The molecular formula is C28H30N6O4S. The molecule has 0 saturated carbocycles. The molecule has 202 valence electrons. The van der Waals surface area contributed by atoms with Crippen LogP contribution in [0, 0.1) is 0 Å². The molecule has 3 aromatic heterocycles. The number of carbonyl (C=O) groups excluding carboxylic acids is 1. The number of aromatic nitrogens is 3. The monoisotopic (exact) mass is 547 g/mol. The first kappa shape index (κ1) is 24.1. The van der Waals surface area contributed by atoms with Gasteiger partial charge in [0, 0.05) is 50.4 Å². The lowest BCUT2D eigenvalue weighted by molar-refractivity contribution is 0.0322. The van der Waals surface area contributed by atoms with E-state index in [-0.39, 0.29) is 5.82 Å². The average Bonchev–Trinajstić information content (AvgIpc) is 3.64. The van der Waals surface area contributed by atoms with Crippen molar-refractivity contribution in [3.63, 3.8) is 0 Å². The first-order chi connectivity index (χ1) is 19.3. The summed E-state index contributed by atoms with van der Waals surface area (Å²) in [4.78, 5) is 20.5. The Hall–Kier alpha value is -3.93. The minimum absolute atomic E-state index is 0.251. The van der Waals surface area contributed by atoms with Gasteiger partial charge in [0.25, 0.3) is 0 Å². The first-order valence-electron chi connectivity index (χ1n) is 13.3. The molecule has 0 atom stereocenters. The number of morpholine rings is 1. The Morgan fingerprint density at radius 3 is 2.74 bits per heavy atom. The van der Waals surface area contributed by atoms with Crippen LogP contribution in [-0.2, 0) is 4.74 Å². The van der Waals surface area contributed by atoms with Crippen molar-refractivity contribution in [2.24, 2.45) is 0 Å². The van der Waals surface area contributed by atoms with Gasteiger partial charge in [0.2, 0.25) is 0 Å². The number of thiazole rings is 1. The third-order valence-corrected chi connectivity index (χ3v) is 7.55. The van der Waals surface area contributed by atoms with Crippen LogP contribution in [0.25, 0.3) is 26.4 Å². The Morgan fingerprint density at radius 2 is 1.97 bits per heavy atom. The van der Waals surface area contributed by atoms with Crippen LogP contribution < -0.4 is 15.4 Å². The van der Waals surface area contributed by atoms with Gasteiger partial charge in [-0.15, -0.1) is 0 Å². The first-order valence-corrected chi connectivity index (χ1v) is 13.6. The van der Waals surface area contributed by atoms with Gasteiger partial charge in [0.1, 0.15) is 18.1 Å². The maximum atomic E-state index is 12.4. The highest BCUT2D eigenvalue weighted by atomic mass is 32.1. The maximum absolute atomic E-state index is 12.4. The van der Waals surface area contributed by atoms with Gasteiger partial charge < -0.3 is 19.3 Å². The fourth-order valence-electron chi connectivity index (χ4n) is 4.40. The van der Waals surface area contributed by atoms with Crippen molar-refractivity contribution in [3.8, 4) is 17.0 Å². The molecule has 11 heteroatoms. The molecule has 39 heavy (non-hydrogen) atoms. The second kappa shape index (κ2) is 11.0. The molecule has 4 heterocycles. The van der Waals surface area contributed by atoms with Gasteiger partial charge >= 0.3 is 6.03 Å². The SMILES string of the molecule is [2H]C(C)(C)c1cc(NC(=O)Nc2ccc(-c3cn4c(n3)sc3cc(OCCN5CCOCC5)ccc34)cc2)no1. The van der Waals surface area contributed by atoms with Crippen molar-refractivity contribution in [1.29, 1.82) is 0 Å². The number of nitrogens with zero attached hydrogens (tertiary/aromatic N) is 4. The highest BCUT2D eigenvalue weighted by molar-refractivity contribution is 7.23. The van der Waals surface area contributed by atoms with Gasteiger partial charge in [-0.05, 0) is 30.3 Å². The van der Waals surface area contributed by atoms with Gasteiger partial charge in [-0.25, -0.2) is 9.78 Å². The van der Waals surface area contributed by atoms with E-state index >= 15 is 0 Å². The van der Waals surface area contributed by atoms with E-state index in [9.17, 15) is 4.79 Å². The Kier molecular flexibility index (Phi) is 6.84. The van der Waals surface area contributed by atoms with Crippen LogP contribution in [0.5, 0.6) is 5.75 Å². The molecule has 1 aliphatic heterocycles. The van der Waals surface area contributed by atoms with Crippen LogP contribution in [0.3, 0.4) is 0 Å². The number of nitrogens with one attached hydrogen (secondary N) is 2. The van der Waals surface area contributed by atoms with E-state index in [0.29, 0.717) is 18.1 Å². The number of benzene rings is 2. The minimum atomic E-state index is -0.937. The van der Waals surface area contributed by atoms with Crippen LogP contribution in [-0.4, -0.2) is 64.9 Å². The largest absolute Gasteiger partial charge is 0.492 e. The number of carbonyl (C=O) groups is 1. The molecule has 1 saturated heterocycles. The highest BCUT2D eigenvalue weighted by Gasteiger charge is 2.14. The molecular weight excluding hydrogens is 516 g/mol. The molecule has 0 bridgehead atoms. The lowest BCUT2D eigenvalue weighted by Gasteiger charge is -2.26. The number of fused-ring (bicyclic) bond motifs is 3. The van der Waals surface area contributed by atoms with E-state index in [0.717, 1.165) is 65.0 Å². The zero-order valence-corrected chi connectivity index (χ0v) is 22.6. The molecule has 1 aliphatic rings. The van der Waals surface area contributed by atoms with Gasteiger partial charge in [-0.3, -0.25) is 14.6 Å². The standard InChI is InChI=1S/C28H30N6O4S/c1-18(2)24-16-26(32-38-24)31-27(35)29-20-5-3-19(4-6-20)22-17-34-23-8-7-21(15-25(23)39-28(34)30-22)37-14-11-33-9-12-36-13-10-33/h3-8,15-18H,9-14H2,1-2H3,(H2,29,31,32,35)/i18D. The summed E-state index contributed by atoms with van der Waals surface area (Å²) in [5, 5.41) is 9.20. The summed E-state index contributed by atoms with van der Waals surface area (Å²) in [5.41, 5.74) is 3.50. The van der Waals surface area contributed by atoms with Crippen LogP contribution in [0.15, 0.2) is 59.3 Å². The van der Waals surface area contributed by atoms with Crippen LogP contribution >= 0.6 is 11.3 Å². The molecule has 0 unspecified atom stereocenters.